The quantitative estimate of drug-likeness (QED) is 0.273. The van der Waals surface area contributed by atoms with Crippen LogP contribution >= 0.6 is 11.3 Å². The van der Waals surface area contributed by atoms with E-state index in [1.54, 1.807) is 11.3 Å². The Bertz CT molecular complexity index is 1300. The highest BCUT2D eigenvalue weighted by molar-refractivity contribution is 7.22. The summed E-state index contributed by atoms with van der Waals surface area (Å²) in [7, 11) is 0. The Kier molecular flexibility index (Phi) is 8.46. The van der Waals surface area contributed by atoms with Gasteiger partial charge in [0.1, 0.15) is 11.3 Å². The van der Waals surface area contributed by atoms with Crippen molar-refractivity contribution in [3.63, 3.8) is 0 Å². The van der Waals surface area contributed by atoms with Crippen molar-refractivity contribution in [1.82, 2.24) is 9.88 Å². The van der Waals surface area contributed by atoms with Crippen LogP contribution in [0.2, 0.25) is 0 Å². The molecule has 0 N–H and O–H groups in total. The fourth-order valence-electron chi connectivity index (χ4n) is 4.62. The molecule has 0 saturated carbocycles. The van der Waals surface area contributed by atoms with Gasteiger partial charge in [-0.3, -0.25) is 14.6 Å². The van der Waals surface area contributed by atoms with Crippen molar-refractivity contribution in [2.75, 3.05) is 50.9 Å². The molecule has 1 aliphatic heterocycles. The van der Waals surface area contributed by atoms with Crippen LogP contribution in [-0.2, 0) is 16.0 Å². The molecular formula is C30H33N3O3S. The summed E-state index contributed by atoms with van der Waals surface area (Å²) in [6, 6.07) is 24.5. The van der Waals surface area contributed by atoms with Gasteiger partial charge in [-0.25, -0.2) is 4.98 Å². The predicted molar refractivity (Wildman–Crippen MR) is 151 cm³/mol. The standard InChI is InChI=1S/C30H33N3O3S/c1-2-36-26-10-6-11-27-29(26)31-30(37-27)33(17-7-16-32-18-20-35-21-19-32)28(34)22-23-12-14-25(15-13-23)24-8-4-3-5-9-24/h3-6,8-15H,2,7,16-22H2,1H3. The molecule has 0 unspecified atom stereocenters. The van der Waals surface area contributed by atoms with Gasteiger partial charge >= 0.3 is 0 Å². The lowest BCUT2D eigenvalue weighted by atomic mass is 10.0. The van der Waals surface area contributed by atoms with Crippen LogP contribution in [0.1, 0.15) is 18.9 Å². The van der Waals surface area contributed by atoms with Gasteiger partial charge in [-0.2, -0.15) is 0 Å². The minimum atomic E-state index is 0.0615. The molecule has 0 atom stereocenters. The second kappa shape index (κ2) is 12.3. The first kappa shape index (κ1) is 25.4. The summed E-state index contributed by atoms with van der Waals surface area (Å²) in [6.07, 6.45) is 1.22. The Labute approximate surface area is 222 Å². The monoisotopic (exact) mass is 515 g/mol. The van der Waals surface area contributed by atoms with Gasteiger partial charge in [-0.15, -0.1) is 0 Å². The van der Waals surface area contributed by atoms with E-state index < -0.39 is 0 Å². The fourth-order valence-corrected chi connectivity index (χ4v) is 5.65. The molecule has 2 heterocycles. The molecule has 0 bridgehead atoms. The number of para-hydroxylation sites is 1. The first-order valence-electron chi connectivity index (χ1n) is 13.0. The smallest absolute Gasteiger partial charge is 0.233 e. The SMILES string of the molecule is CCOc1cccc2sc(N(CCCN3CCOCC3)C(=O)Cc3ccc(-c4ccccc4)cc3)nc12. The Hall–Kier alpha value is -3.26. The van der Waals surface area contributed by atoms with Crippen LogP contribution in [0, 0.1) is 0 Å². The molecule has 4 aromatic rings. The summed E-state index contributed by atoms with van der Waals surface area (Å²) in [4.78, 5) is 22.8. The first-order chi connectivity index (χ1) is 18.2. The van der Waals surface area contributed by atoms with Crippen LogP contribution in [0.5, 0.6) is 5.75 Å². The topological polar surface area (TPSA) is 54.9 Å². The Morgan fingerprint density at radius 2 is 1.76 bits per heavy atom. The minimum Gasteiger partial charge on any atom is -0.492 e. The maximum Gasteiger partial charge on any atom is 0.233 e. The van der Waals surface area contributed by atoms with Crippen molar-refractivity contribution in [2.24, 2.45) is 0 Å². The Morgan fingerprint density at radius 1 is 1.00 bits per heavy atom. The molecule has 1 amide bonds. The molecule has 7 heteroatoms. The van der Waals surface area contributed by atoms with Gasteiger partial charge in [0.15, 0.2) is 5.13 Å². The first-order valence-corrected chi connectivity index (χ1v) is 13.8. The Balaban J connectivity index is 1.34. The highest BCUT2D eigenvalue weighted by Gasteiger charge is 2.22. The van der Waals surface area contributed by atoms with Gasteiger partial charge in [0, 0.05) is 26.2 Å². The summed E-state index contributed by atoms with van der Waals surface area (Å²) in [5, 5.41) is 0.732. The lowest BCUT2D eigenvalue weighted by molar-refractivity contribution is -0.118. The van der Waals surface area contributed by atoms with Crippen LogP contribution in [0.25, 0.3) is 21.3 Å². The number of ether oxygens (including phenoxy) is 2. The van der Waals surface area contributed by atoms with Gasteiger partial charge < -0.3 is 9.47 Å². The van der Waals surface area contributed by atoms with E-state index in [1.165, 1.54) is 5.56 Å². The molecule has 6 nitrogen and oxygen atoms in total. The Morgan fingerprint density at radius 3 is 2.51 bits per heavy atom. The van der Waals surface area contributed by atoms with E-state index >= 15 is 0 Å². The average molecular weight is 516 g/mol. The summed E-state index contributed by atoms with van der Waals surface area (Å²) in [6.45, 7) is 7.56. The molecule has 1 fully saturated rings. The van der Waals surface area contributed by atoms with Crippen molar-refractivity contribution in [2.45, 2.75) is 19.8 Å². The molecule has 1 aliphatic rings. The van der Waals surface area contributed by atoms with Gasteiger partial charge in [-0.1, -0.05) is 72.0 Å². The maximum atomic E-state index is 13.7. The van der Waals surface area contributed by atoms with E-state index in [1.807, 2.05) is 48.2 Å². The minimum absolute atomic E-state index is 0.0615. The molecule has 192 valence electrons. The summed E-state index contributed by atoms with van der Waals surface area (Å²) in [5.74, 6) is 0.825. The van der Waals surface area contributed by atoms with Crippen molar-refractivity contribution < 1.29 is 14.3 Å². The van der Waals surface area contributed by atoms with Crippen LogP contribution in [0.15, 0.2) is 72.8 Å². The number of fused-ring (bicyclic) bond motifs is 1. The van der Waals surface area contributed by atoms with Crippen LogP contribution < -0.4 is 9.64 Å². The van der Waals surface area contributed by atoms with Crippen molar-refractivity contribution in [3.05, 3.63) is 78.4 Å². The van der Waals surface area contributed by atoms with E-state index in [0.29, 0.717) is 19.6 Å². The average Bonchev–Trinajstić information content (AvgIpc) is 3.38. The van der Waals surface area contributed by atoms with Crippen LogP contribution in [-0.4, -0.2) is 61.8 Å². The highest BCUT2D eigenvalue weighted by Crippen LogP contribution is 2.34. The number of hydrogen-bond acceptors (Lipinski definition) is 6. The van der Waals surface area contributed by atoms with Gasteiger partial charge in [-0.05, 0) is 42.2 Å². The zero-order valence-corrected chi connectivity index (χ0v) is 22.1. The summed E-state index contributed by atoms with van der Waals surface area (Å²) < 4.78 is 12.3. The molecule has 5 rings (SSSR count). The third kappa shape index (κ3) is 6.36. The number of amides is 1. The largest absolute Gasteiger partial charge is 0.492 e. The normalized spacial score (nSPS) is 14.1. The second-order valence-electron chi connectivity index (χ2n) is 9.13. The number of anilines is 1. The molecule has 0 spiro atoms. The van der Waals surface area contributed by atoms with E-state index in [2.05, 4.69) is 41.3 Å². The lowest BCUT2D eigenvalue weighted by Gasteiger charge is -2.27. The fraction of sp³-hybridized carbons (Fsp3) is 0.333. The summed E-state index contributed by atoms with van der Waals surface area (Å²) >= 11 is 1.55. The van der Waals surface area contributed by atoms with Crippen molar-refractivity contribution in [3.8, 4) is 16.9 Å². The zero-order valence-electron chi connectivity index (χ0n) is 21.3. The maximum absolute atomic E-state index is 13.7. The van der Waals surface area contributed by atoms with E-state index in [4.69, 9.17) is 14.5 Å². The number of rotatable bonds is 10. The number of thiazole rings is 1. The number of carbonyl (C=O) groups excluding carboxylic acids is 1. The van der Waals surface area contributed by atoms with Crippen molar-refractivity contribution >= 4 is 32.6 Å². The molecule has 1 saturated heterocycles. The summed E-state index contributed by atoms with van der Waals surface area (Å²) in [5.41, 5.74) is 4.14. The van der Waals surface area contributed by atoms with Gasteiger partial charge in [0.2, 0.25) is 5.91 Å². The molecular weight excluding hydrogens is 482 g/mol. The zero-order chi connectivity index (χ0) is 25.5. The number of morpholine rings is 1. The molecule has 0 aliphatic carbocycles. The van der Waals surface area contributed by atoms with Gasteiger partial charge in [0.25, 0.3) is 0 Å². The third-order valence-electron chi connectivity index (χ3n) is 6.58. The number of benzene rings is 3. The van der Waals surface area contributed by atoms with Crippen LogP contribution in [0.4, 0.5) is 5.13 Å². The number of aromatic nitrogens is 1. The van der Waals surface area contributed by atoms with Crippen LogP contribution in [0.3, 0.4) is 0 Å². The molecule has 37 heavy (non-hydrogen) atoms. The number of carbonyl (C=O) groups is 1. The lowest BCUT2D eigenvalue weighted by Crippen LogP contribution is -2.39. The predicted octanol–water partition coefficient (Wildman–Crippen LogP) is 5.66. The van der Waals surface area contributed by atoms with E-state index in [9.17, 15) is 4.79 Å². The van der Waals surface area contributed by atoms with Crippen molar-refractivity contribution in [1.29, 1.82) is 0 Å². The van der Waals surface area contributed by atoms with Gasteiger partial charge in [0.05, 0.1) is 30.9 Å². The van der Waals surface area contributed by atoms with E-state index in [0.717, 1.165) is 71.5 Å². The number of hydrogen-bond donors (Lipinski definition) is 0. The highest BCUT2D eigenvalue weighted by atomic mass is 32.1. The van der Waals surface area contributed by atoms with E-state index in [-0.39, 0.29) is 5.91 Å². The molecule has 0 radical (unpaired) electrons. The molecule has 1 aromatic heterocycles. The number of nitrogens with zero attached hydrogens (tertiary/aromatic N) is 3. The second-order valence-corrected chi connectivity index (χ2v) is 10.1. The third-order valence-corrected chi connectivity index (χ3v) is 7.62. The molecule has 3 aromatic carbocycles.